The van der Waals surface area contributed by atoms with Crippen LogP contribution in [0.2, 0.25) is 0 Å². The smallest absolute Gasteiger partial charge is 0.303 e. The lowest BCUT2D eigenvalue weighted by Gasteiger charge is -2.38. The summed E-state index contributed by atoms with van der Waals surface area (Å²) < 4.78 is 13.4. The van der Waals surface area contributed by atoms with E-state index in [1.807, 2.05) is 15.5 Å². The molecule has 0 saturated carbocycles. The summed E-state index contributed by atoms with van der Waals surface area (Å²) in [4.78, 5) is 27.2. The van der Waals surface area contributed by atoms with Crippen LogP contribution in [0.4, 0.5) is 5.82 Å². The third-order valence-corrected chi connectivity index (χ3v) is 6.07. The Balaban J connectivity index is 1.40. The van der Waals surface area contributed by atoms with Gasteiger partial charge in [0.25, 0.3) is 0 Å². The molecule has 0 bridgehead atoms. The second kappa shape index (κ2) is 9.78. The van der Waals surface area contributed by atoms with E-state index < -0.39 is 12.3 Å². The first kappa shape index (κ1) is 22.4. The van der Waals surface area contributed by atoms with E-state index >= 15 is 0 Å². The van der Waals surface area contributed by atoms with Crippen molar-refractivity contribution in [3.05, 3.63) is 22.7 Å². The van der Waals surface area contributed by atoms with E-state index in [2.05, 4.69) is 36.9 Å². The highest BCUT2D eigenvalue weighted by Crippen LogP contribution is 2.23. The first-order chi connectivity index (χ1) is 14.9. The normalized spacial score (nSPS) is 20.7. The van der Waals surface area contributed by atoms with E-state index in [0.717, 1.165) is 54.5 Å². The maximum absolute atomic E-state index is 11.1. The number of hydrogen-bond acceptors (Lipinski definition) is 9. The zero-order valence-electron chi connectivity index (χ0n) is 17.9. The number of carbonyl (C=O) groups excluding carboxylic acids is 1. The number of fused-ring (bicyclic) bond motifs is 1. The molecule has 2 aromatic rings. The Labute approximate surface area is 189 Å². The number of hydrogen-bond donors (Lipinski definition) is 1. The number of morpholine rings is 1. The number of ether oxygens (including phenoxy) is 2. The summed E-state index contributed by atoms with van der Waals surface area (Å²) in [6, 6.07) is 0. The molecule has 10 nitrogen and oxygen atoms in total. The third kappa shape index (κ3) is 5.35. The number of aliphatic hydroxyl groups is 1. The van der Waals surface area contributed by atoms with E-state index in [1.165, 1.54) is 6.92 Å². The van der Waals surface area contributed by atoms with Gasteiger partial charge in [0.1, 0.15) is 16.9 Å². The molecule has 4 heterocycles. The molecule has 0 aliphatic carbocycles. The molecule has 11 heteroatoms. The van der Waals surface area contributed by atoms with Gasteiger partial charge in [-0.1, -0.05) is 0 Å². The van der Waals surface area contributed by atoms with E-state index in [1.54, 1.807) is 6.92 Å². The average molecular weight is 497 g/mol. The number of esters is 1. The van der Waals surface area contributed by atoms with Gasteiger partial charge in [0.15, 0.2) is 11.5 Å². The highest BCUT2D eigenvalue weighted by molar-refractivity contribution is 9.10. The average Bonchev–Trinajstić information content (AvgIpc) is 3.15. The van der Waals surface area contributed by atoms with E-state index in [-0.39, 0.29) is 5.97 Å². The van der Waals surface area contributed by atoms with Crippen molar-refractivity contribution in [2.24, 2.45) is 0 Å². The number of piperazine rings is 1. The van der Waals surface area contributed by atoms with Crippen LogP contribution in [0.3, 0.4) is 0 Å². The summed E-state index contributed by atoms with van der Waals surface area (Å²) in [7, 11) is 0. The Bertz CT molecular complexity index is 910. The van der Waals surface area contributed by atoms with Gasteiger partial charge >= 0.3 is 5.97 Å². The van der Waals surface area contributed by atoms with Crippen LogP contribution >= 0.6 is 15.9 Å². The lowest BCUT2D eigenvalue weighted by atomic mass is 10.2. The van der Waals surface area contributed by atoms with Gasteiger partial charge in [0.2, 0.25) is 0 Å². The van der Waals surface area contributed by atoms with Crippen molar-refractivity contribution in [3.8, 4) is 0 Å². The first-order valence-corrected chi connectivity index (χ1v) is 11.4. The topological polar surface area (TPSA) is 95.7 Å². The summed E-state index contributed by atoms with van der Waals surface area (Å²) in [6.45, 7) is 9.80. The van der Waals surface area contributed by atoms with Gasteiger partial charge in [-0.2, -0.15) is 0 Å². The fourth-order valence-corrected chi connectivity index (χ4v) is 4.49. The molecule has 0 amide bonds. The van der Waals surface area contributed by atoms with E-state index in [9.17, 15) is 9.90 Å². The van der Waals surface area contributed by atoms with Crippen molar-refractivity contribution in [1.29, 1.82) is 0 Å². The molecule has 4 rings (SSSR count). The number of halogens is 1. The maximum Gasteiger partial charge on any atom is 0.303 e. The van der Waals surface area contributed by atoms with Crippen LogP contribution in [0.15, 0.2) is 17.0 Å². The van der Waals surface area contributed by atoms with Crippen molar-refractivity contribution in [2.75, 3.05) is 57.4 Å². The fourth-order valence-electron chi connectivity index (χ4n) is 4.10. The Morgan fingerprint density at radius 3 is 2.58 bits per heavy atom. The fraction of sp³-hybridized carbons (Fsp3) is 0.650. The van der Waals surface area contributed by atoms with Gasteiger partial charge in [-0.25, -0.2) is 9.97 Å². The summed E-state index contributed by atoms with van der Waals surface area (Å²) in [5.74, 6) is 0.492. The number of aliphatic hydroxyl groups excluding tert-OH is 1. The molecule has 2 fully saturated rings. The molecule has 2 saturated heterocycles. The lowest BCUT2D eigenvalue weighted by molar-refractivity contribution is -0.161. The minimum Gasteiger partial charge on any atom is -0.459 e. The second-order valence-corrected chi connectivity index (χ2v) is 8.80. The molecule has 1 N–H and O–H groups in total. The standard InChI is InChI=1S/C20H29BrN6O4/c1-14(31-15(2)28)20(29)26-5-3-24(4-6-26)11-16-12-27-13-17(21)23-19(18(27)22-16)25-7-9-30-10-8-25/h12-14,20,29H,3-11H2,1-2H3/t14-,20?/m1/s1. The van der Waals surface area contributed by atoms with Crippen LogP contribution in [0, 0.1) is 0 Å². The highest BCUT2D eigenvalue weighted by Gasteiger charge is 2.28. The molecule has 31 heavy (non-hydrogen) atoms. The van der Waals surface area contributed by atoms with Crippen LogP contribution in [0.5, 0.6) is 0 Å². The zero-order chi connectivity index (χ0) is 22.0. The maximum atomic E-state index is 11.1. The van der Waals surface area contributed by atoms with Crippen LogP contribution in [-0.4, -0.2) is 100 Å². The molecular formula is C20H29BrN6O4. The van der Waals surface area contributed by atoms with Crippen molar-refractivity contribution >= 4 is 33.4 Å². The quantitative estimate of drug-likeness (QED) is 0.580. The molecule has 2 aliphatic rings. The van der Waals surface area contributed by atoms with Crippen LogP contribution in [0.1, 0.15) is 19.5 Å². The zero-order valence-corrected chi connectivity index (χ0v) is 19.5. The minimum absolute atomic E-state index is 0.380. The Morgan fingerprint density at radius 2 is 1.90 bits per heavy atom. The molecule has 2 aliphatic heterocycles. The van der Waals surface area contributed by atoms with Gasteiger partial charge in [-0.15, -0.1) is 0 Å². The molecule has 1 unspecified atom stereocenters. The third-order valence-electron chi connectivity index (χ3n) is 5.69. The Morgan fingerprint density at radius 1 is 1.19 bits per heavy atom. The Kier molecular flexibility index (Phi) is 7.07. The molecule has 0 spiro atoms. The first-order valence-electron chi connectivity index (χ1n) is 10.6. The Hall–Kier alpha value is -1.79. The van der Waals surface area contributed by atoms with Crippen molar-refractivity contribution in [1.82, 2.24) is 24.2 Å². The lowest BCUT2D eigenvalue weighted by Crippen LogP contribution is -2.53. The number of imidazole rings is 1. The van der Waals surface area contributed by atoms with Gasteiger partial charge < -0.3 is 23.9 Å². The summed E-state index contributed by atoms with van der Waals surface area (Å²) in [6.07, 6.45) is 2.64. The molecular weight excluding hydrogens is 468 g/mol. The van der Waals surface area contributed by atoms with Gasteiger partial charge in [-0.05, 0) is 22.9 Å². The van der Waals surface area contributed by atoms with Crippen molar-refractivity contribution in [2.45, 2.75) is 32.7 Å². The largest absolute Gasteiger partial charge is 0.459 e. The predicted molar refractivity (Wildman–Crippen MR) is 118 cm³/mol. The summed E-state index contributed by atoms with van der Waals surface area (Å²) in [5.41, 5.74) is 1.83. The second-order valence-electron chi connectivity index (χ2n) is 7.99. The van der Waals surface area contributed by atoms with Crippen LogP contribution < -0.4 is 4.90 Å². The van der Waals surface area contributed by atoms with Crippen LogP contribution in [-0.2, 0) is 20.8 Å². The SMILES string of the molecule is CC(=O)O[C@H](C)C(O)N1CCN(Cc2cn3cc(Br)nc(N4CCOCC4)c3n2)CC1. The number of aromatic nitrogens is 3. The molecule has 2 aromatic heterocycles. The van der Waals surface area contributed by atoms with Gasteiger partial charge in [0, 0.05) is 65.1 Å². The number of rotatable bonds is 6. The highest BCUT2D eigenvalue weighted by atomic mass is 79.9. The van der Waals surface area contributed by atoms with Crippen LogP contribution in [0.25, 0.3) is 5.65 Å². The number of anilines is 1. The molecule has 2 atom stereocenters. The van der Waals surface area contributed by atoms with Gasteiger partial charge in [0.05, 0.1) is 18.9 Å². The van der Waals surface area contributed by atoms with Crippen molar-refractivity contribution in [3.63, 3.8) is 0 Å². The monoisotopic (exact) mass is 496 g/mol. The number of nitrogens with zero attached hydrogens (tertiary/aromatic N) is 6. The minimum atomic E-state index is -0.791. The van der Waals surface area contributed by atoms with E-state index in [0.29, 0.717) is 26.3 Å². The number of carbonyl (C=O) groups is 1. The predicted octanol–water partition coefficient (Wildman–Crippen LogP) is 0.716. The summed E-state index contributed by atoms with van der Waals surface area (Å²) >= 11 is 3.52. The van der Waals surface area contributed by atoms with Crippen molar-refractivity contribution < 1.29 is 19.4 Å². The molecule has 0 aromatic carbocycles. The van der Waals surface area contributed by atoms with Gasteiger partial charge in [-0.3, -0.25) is 14.6 Å². The molecule has 170 valence electrons. The molecule has 0 radical (unpaired) electrons. The van der Waals surface area contributed by atoms with E-state index in [4.69, 9.17) is 14.5 Å². The summed E-state index contributed by atoms with van der Waals surface area (Å²) in [5, 5.41) is 10.4.